The standard InChI is InChI=1S/C21H18Cl2FN3O3/c1-11(13-8-17(24)16(23)9-15(13)22)25-18(28)10-27-19(29)21(26-20(27)30)7-6-12-4-2-3-5-14(12)21/h2-5,8-9,11H,6-7,10H2,1H3,(H,25,28)(H,26,30). The van der Waals surface area contributed by atoms with Crippen LogP contribution in [0, 0.1) is 5.82 Å². The maximum absolute atomic E-state index is 13.8. The number of rotatable bonds is 4. The molecule has 1 saturated heterocycles. The molecule has 30 heavy (non-hydrogen) atoms. The summed E-state index contributed by atoms with van der Waals surface area (Å²) in [5.41, 5.74) is 0.987. The molecule has 2 N–H and O–H groups in total. The summed E-state index contributed by atoms with van der Waals surface area (Å²) in [6.45, 7) is 1.17. The summed E-state index contributed by atoms with van der Waals surface area (Å²) < 4.78 is 13.8. The SMILES string of the molecule is CC(NC(=O)CN1C(=O)NC2(CCc3ccccc32)C1=O)c1cc(F)c(Cl)cc1Cl. The smallest absolute Gasteiger partial charge is 0.325 e. The Labute approximate surface area is 182 Å². The van der Waals surface area contributed by atoms with Crippen LogP contribution in [0.5, 0.6) is 0 Å². The van der Waals surface area contributed by atoms with Crippen molar-refractivity contribution in [2.75, 3.05) is 6.54 Å². The van der Waals surface area contributed by atoms with Crippen LogP contribution in [0.1, 0.15) is 36.1 Å². The summed E-state index contributed by atoms with van der Waals surface area (Å²) in [6, 6.07) is 8.59. The molecule has 2 unspecified atom stereocenters. The number of carbonyl (C=O) groups excluding carboxylic acids is 3. The lowest BCUT2D eigenvalue weighted by molar-refractivity contribution is -0.135. The van der Waals surface area contributed by atoms with Gasteiger partial charge < -0.3 is 10.6 Å². The topological polar surface area (TPSA) is 78.5 Å². The van der Waals surface area contributed by atoms with Crippen LogP contribution in [0.4, 0.5) is 9.18 Å². The van der Waals surface area contributed by atoms with Crippen molar-refractivity contribution < 1.29 is 18.8 Å². The van der Waals surface area contributed by atoms with E-state index in [0.29, 0.717) is 18.4 Å². The molecule has 1 heterocycles. The molecule has 1 spiro atoms. The van der Waals surface area contributed by atoms with E-state index in [1.807, 2.05) is 24.3 Å². The first-order chi connectivity index (χ1) is 14.2. The monoisotopic (exact) mass is 449 g/mol. The molecule has 0 saturated carbocycles. The van der Waals surface area contributed by atoms with Gasteiger partial charge in [-0.25, -0.2) is 9.18 Å². The number of imide groups is 1. The van der Waals surface area contributed by atoms with Crippen molar-refractivity contribution in [2.45, 2.75) is 31.3 Å². The fourth-order valence-electron chi connectivity index (χ4n) is 4.11. The molecule has 156 valence electrons. The molecule has 2 aromatic rings. The van der Waals surface area contributed by atoms with Gasteiger partial charge in [0, 0.05) is 5.02 Å². The van der Waals surface area contributed by atoms with Crippen LogP contribution >= 0.6 is 23.2 Å². The lowest BCUT2D eigenvalue weighted by Crippen LogP contribution is -2.44. The summed E-state index contributed by atoms with van der Waals surface area (Å²) in [6.07, 6.45) is 1.12. The first-order valence-electron chi connectivity index (χ1n) is 9.39. The minimum atomic E-state index is -1.12. The number of hydrogen-bond acceptors (Lipinski definition) is 3. The highest BCUT2D eigenvalue weighted by Crippen LogP contribution is 2.41. The molecule has 4 rings (SSSR count). The van der Waals surface area contributed by atoms with Gasteiger partial charge in [0.2, 0.25) is 5.91 Å². The lowest BCUT2D eigenvalue weighted by atomic mass is 9.92. The van der Waals surface area contributed by atoms with Crippen LogP contribution in [-0.4, -0.2) is 29.3 Å². The molecule has 0 bridgehead atoms. The highest BCUT2D eigenvalue weighted by Gasteiger charge is 2.55. The molecule has 1 aliphatic carbocycles. The molecule has 1 fully saturated rings. The quantitative estimate of drug-likeness (QED) is 0.551. The maximum atomic E-state index is 13.8. The first-order valence-corrected chi connectivity index (χ1v) is 10.1. The van der Waals surface area contributed by atoms with E-state index in [1.54, 1.807) is 6.92 Å². The average Bonchev–Trinajstić information content (AvgIpc) is 3.18. The highest BCUT2D eigenvalue weighted by molar-refractivity contribution is 6.35. The maximum Gasteiger partial charge on any atom is 0.325 e. The van der Waals surface area contributed by atoms with E-state index in [-0.39, 0.29) is 10.0 Å². The van der Waals surface area contributed by atoms with Crippen LogP contribution in [0.3, 0.4) is 0 Å². The second kappa shape index (κ2) is 7.56. The van der Waals surface area contributed by atoms with E-state index in [0.717, 1.165) is 22.1 Å². The third-order valence-corrected chi connectivity index (χ3v) is 6.22. The van der Waals surface area contributed by atoms with E-state index in [1.165, 1.54) is 6.07 Å². The van der Waals surface area contributed by atoms with E-state index in [4.69, 9.17) is 23.2 Å². The molecule has 9 heteroatoms. The number of nitrogens with one attached hydrogen (secondary N) is 2. The van der Waals surface area contributed by atoms with E-state index in [2.05, 4.69) is 10.6 Å². The summed E-state index contributed by atoms with van der Waals surface area (Å²) in [7, 11) is 0. The van der Waals surface area contributed by atoms with Crippen LogP contribution in [0.25, 0.3) is 0 Å². The Kier molecular flexibility index (Phi) is 5.20. The Bertz CT molecular complexity index is 1080. The minimum Gasteiger partial charge on any atom is -0.348 e. The van der Waals surface area contributed by atoms with E-state index in [9.17, 15) is 18.8 Å². The number of carbonyl (C=O) groups is 3. The van der Waals surface area contributed by atoms with Crippen LogP contribution < -0.4 is 10.6 Å². The Morgan fingerprint density at radius 1 is 1.27 bits per heavy atom. The van der Waals surface area contributed by atoms with Crippen molar-refractivity contribution in [3.63, 3.8) is 0 Å². The molecule has 1 aliphatic heterocycles. The second-order valence-corrected chi connectivity index (χ2v) is 8.28. The molecule has 2 aliphatic rings. The number of fused-ring (bicyclic) bond motifs is 2. The van der Waals surface area contributed by atoms with Gasteiger partial charge in [0.25, 0.3) is 5.91 Å². The normalized spacial score (nSPS) is 21.0. The zero-order valence-corrected chi connectivity index (χ0v) is 17.5. The summed E-state index contributed by atoms with van der Waals surface area (Å²) in [5.74, 6) is -1.68. The van der Waals surface area contributed by atoms with Crippen molar-refractivity contribution in [2.24, 2.45) is 0 Å². The van der Waals surface area contributed by atoms with Gasteiger partial charge in [-0.2, -0.15) is 0 Å². The van der Waals surface area contributed by atoms with E-state index < -0.39 is 41.8 Å². The Morgan fingerprint density at radius 3 is 2.77 bits per heavy atom. The van der Waals surface area contributed by atoms with Crippen molar-refractivity contribution >= 4 is 41.0 Å². The van der Waals surface area contributed by atoms with Crippen LogP contribution in [0.15, 0.2) is 36.4 Å². The van der Waals surface area contributed by atoms with Crippen LogP contribution in [-0.2, 0) is 21.5 Å². The molecule has 0 radical (unpaired) electrons. The number of hydrogen-bond donors (Lipinski definition) is 2. The fourth-order valence-corrected chi connectivity index (χ4v) is 4.66. The lowest BCUT2D eigenvalue weighted by Gasteiger charge is -2.22. The van der Waals surface area contributed by atoms with Crippen molar-refractivity contribution in [3.05, 3.63) is 69.0 Å². The van der Waals surface area contributed by atoms with Crippen LogP contribution in [0.2, 0.25) is 10.0 Å². The van der Waals surface area contributed by atoms with Gasteiger partial charge in [-0.3, -0.25) is 14.5 Å². The van der Waals surface area contributed by atoms with Gasteiger partial charge in [0.1, 0.15) is 17.9 Å². The highest BCUT2D eigenvalue weighted by atomic mass is 35.5. The molecular formula is C21H18Cl2FN3O3. The van der Waals surface area contributed by atoms with Gasteiger partial charge in [-0.15, -0.1) is 0 Å². The third-order valence-electron chi connectivity index (χ3n) is 5.61. The summed E-state index contributed by atoms with van der Waals surface area (Å²) in [4.78, 5) is 39.1. The number of urea groups is 1. The zero-order chi connectivity index (χ0) is 21.6. The summed E-state index contributed by atoms with van der Waals surface area (Å²) in [5, 5.41) is 5.49. The Balaban J connectivity index is 1.49. The average molecular weight is 450 g/mol. The molecule has 6 nitrogen and oxygen atoms in total. The Hall–Kier alpha value is -2.64. The molecule has 2 aromatic carbocycles. The third kappa shape index (κ3) is 3.32. The second-order valence-electron chi connectivity index (χ2n) is 7.46. The molecule has 0 aromatic heterocycles. The van der Waals surface area contributed by atoms with Crippen molar-refractivity contribution in [1.29, 1.82) is 0 Å². The van der Waals surface area contributed by atoms with Crippen molar-refractivity contribution in [3.8, 4) is 0 Å². The number of halogens is 3. The van der Waals surface area contributed by atoms with Gasteiger partial charge in [-0.1, -0.05) is 47.5 Å². The number of amides is 4. The van der Waals surface area contributed by atoms with Crippen molar-refractivity contribution in [1.82, 2.24) is 15.5 Å². The zero-order valence-electron chi connectivity index (χ0n) is 16.0. The number of nitrogens with zero attached hydrogens (tertiary/aromatic N) is 1. The molecular weight excluding hydrogens is 432 g/mol. The molecule has 2 atom stereocenters. The predicted octanol–water partition coefficient (Wildman–Crippen LogP) is 3.70. The predicted molar refractivity (Wildman–Crippen MR) is 110 cm³/mol. The van der Waals surface area contributed by atoms with E-state index >= 15 is 0 Å². The number of aryl methyl sites for hydroxylation is 1. The molecule has 4 amide bonds. The van der Waals surface area contributed by atoms with Gasteiger partial charge in [-0.05, 0) is 48.6 Å². The first kappa shape index (κ1) is 20.6. The van der Waals surface area contributed by atoms with Gasteiger partial charge in [0.15, 0.2) is 0 Å². The Morgan fingerprint density at radius 2 is 2.00 bits per heavy atom. The number of benzene rings is 2. The largest absolute Gasteiger partial charge is 0.348 e. The van der Waals surface area contributed by atoms with Gasteiger partial charge >= 0.3 is 6.03 Å². The summed E-state index contributed by atoms with van der Waals surface area (Å²) >= 11 is 11.8. The minimum absolute atomic E-state index is 0.122. The van der Waals surface area contributed by atoms with Gasteiger partial charge in [0.05, 0.1) is 11.1 Å². The fraction of sp³-hybridized carbons (Fsp3) is 0.286.